The molecule has 0 radical (unpaired) electrons. The third-order valence-electron chi connectivity index (χ3n) is 4.00. The Kier molecular flexibility index (Phi) is 6.98. The fourth-order valence-electron chi connectivity index (χ4n) is 2.50. The van der Waals surface area contributed by atoms with E-state index in [-0.39, 0.29) is 0 Å². The highest BCUT2D eigenvalue weighted by atomic mass is 16.8. The van der Waals surface area contributed by atoms with Crippen LogP contribution < -0.4 is 0 Å². The second-order valence-corrected chi connectivity index (χ2v) is 6.06. The molecular weight excluding hydrogens is 264 g/mol. The molecule has 0 bridgehead atoms. The van der Waals surface area contributed by atoms with Crippen LogP contribution in [0.3, 0.4) is 0 Å². The van der Waals surface area contributed by atoms with Gasteiger partial charge in [0.05, 0.1) is 0 Å². The van der Waals surface area contributed by atoms with E-state index >= 15 is 0 Å². The van der Waals surface area contributed by atoms with Crippen LogP contribution in [-0.2, 0) is 14.2 Å². The number of allylic oxidation sites excluding steroid dienone is 2. The van der Waals surface area contributed by atoms with Crippen molar-refractivity contribution < 1.29 is 14.2 Å². The van der Waals surface area contributed by atoms with Crippen molar-refractivity contribution in [1.29, 1.82) is 0 Å². The van der Waals surface area contributed by atoms with Crippen molar-refractivity contribution in [2.75, 3.05) is 0 Å². The number of rotatable bonds is 14. The van der Waals surface area contributed by atoms with Gasteiger partial charge in [-0.3, -0.25) is 0 Å². The molecule has 2 aliphatic rings. The van der Waals surface area contributed by atoms with Gasteiger partial charge < -0.3 is 14.2 Å². The molecule has 2 heterocycles. The molecule has 0 saturated carbocycles. The van der Waals surface area contributed by atoms with Gasteiger partial charge in [0.2, 0.25) is 0 Å². The number of hydrogen-bond acceptors (Lipinski definition) is 3. The third kappa shape index (κ3) is 6.45. The molecule has 0 aromatic heterocycles. The molecular formula is C18H30O3. The molecule has 0 N–H and O–H groups in total. The van der Waals surface area contributed by atoms with Crippen LogP contribution in [0.5, 0.6) is 0 Å². The first-order chi connectivity index (χ1) is 10.3. The van der Waals surface area contributed by atoms with Gasteiger partial charge >= 0.3 is 11.9 Å². The fraction of sp³-hybridized carbons (Fsp3) is 0.778. The van der Waals surface area contributed by atoms with Crippen LogP contribution in [0.25, 0.3) is 0 Å². The van der Waals surface area contributed by atoms with Crippen LogP contribution in [0, 0.1) is 0 Å². The quantitative estimate of drug-likeness (QED) is 0.362. The Morgan fingerprint density at radius 2 is 1.05 bits per heavy atom. The average Bonchev–Trinajstić information content (AvgIpc) is 3.39. The van der Waals surface area contributed by atoms with Crippen LogP contribution in [-0.4, -0.2) is 0 Å². The van der Waals surface area contributed by atoms with Crippen LogP contribution >= 0.6 is 0 Å². The smallest absolute Gasteiger partial charge is 0.333 e. The van der Waals surface area contributed by atoms with Crippen molar-refractivity contribution in [1.82, 2.24) is 0 Å². The highest BCUT2D eigenvalue weighted by molar-refractivity contribution is 5.18. The van der Waals surface area contributed by atoms with E-state index in [9.17, 15) is 0 Å². The van der Waals surface area contributed by atoms with Crippen molar-refractivity contribution >= 4 is 0 Å². The predicted molar refractivity (Wildman–Crippen MR) is 84.1 cm³/mol. The molecule has 0 aromatic carbocycles. The highest BCUT2D eigenvalue weighted by Gasteiger charge is 2.35. The van der Waals surface area contributed by atoms with Gasteiger partial charge in [0.15, 0.2) is 11.5 Å². The standard InChI is InChI=1S/C18H30O3/c1-3-5-7-9-11-13-15-17(19-15)21-18-16(20-18)14-12-10-8-6-4-2/h3-14H2,1-2H3. The normalized spacial score (nSPS) is 15.9. The summed E-state index contributed by atoms with van der Waals surface area (Å²) in [5.74, 6) is 3.44. The molecule has 0 amide bonds. The second kappa shape index (κ2) is 9.01. The summed E-state index contributed by atoms with van der Waals surface area (Å²) in [7, 11) is 0. The number of unbranched alkanes of at least 4 members (excludes halogenated alkanes) is 8. The van der Waals surface area contributed by atoms with Gasteiger partial charge in [-0.25, -0.2) is 0 Å². The van der Waals surface area contributed by atoms with Crippen LogP contribution in [0.2, 0.25) is 0 Å². The minimum Gasteiger partial charge on any atom is -0.420 e. The summed E-state index contributed by atoms with van der Waals surface area (Å²) >= 11 is 0. The van der Waals surface area contributed by atoms with E-state index in [0.717, 1.165) is 24.4 Å². The monoisotopic (exact) mass is 294 g/mol. The maximum atomic E-state index is 5.57. The fourth-order valence-corrected chi connectivity index (χ4v) is 2.50. The van der Waals surface area contributed by atoms with E-state index < -0.39 is 0 Å². The molecule has 2 aliphatic heterocycles. The summed E-state index contributed by atoms with van der Waals surface area (Å²) in [5.41, 5.74) is 0. The van der Waals surface area contributed by atoms with Crippen LogP contribution in [0.15, 0.2) is 23.4 Å². The molecule has 3 nitrogen and oxygen atoms in total. The Morgan fingerprint density at radius 1 is 0.619 bits per heavy atom. The highest BCUT2D eigenvalue weighted by Crippen LogP contribution is 2.40. The lowest BCUT2D eigenvalue weighted by molar-refractivity contribution is 0.166. The minimum absolute atomic E-state index is 0.696. The van der Waals surface area contributed by atoms with E-state index in [1.165, 1.54) is 64.2 Å². The zero-order valence-corrected chi connectivity index (χ0v) is 13.7. The van der Waals surface area contributed by atoms with Crippen LogP contribution in [0.4, 0.5) is 0 Å². The lowest BCUT2D eigenvalue weighted by atomic mass is 10.1. The molecule has 0 aromatic rings. The van der Waals surface area contributed by atoms with Gasteiger partial charge in [-0.05, 0) is 12.8 Å². The first-order valence-electron chi connectivity index (χ1n) is 8.85. The molecule has 0 unspecified atom stereocenters. The minimum atomic E-state index is 0.696. The van der Waals surface area contributed by atoms with E-state index in [2.05, 4.69) is 13.8 Å². The van der Waals surface area contributed by atoms with Crippen molar-refractivity contribution in [2.45, 2.75) is 90.9 Å². The van der Waals surface area contributed by atoms with Crippen molar-refractivity contribution in [3.63, 3.8) is 0 Å². The molecule has 0 atom stereocenters. The van der Waals surface area contributed by atoms with Gasteiger partial charge in [-0.1, -0.05) is 65.2 Å². The SMILES string of the molecule is CCCCCCCC1=C(OC2=C(CCCCCCC)O2)O1. The average molecular weight is 294 g/mol. The molecule has 0 aliphatic carbocycles. The second-order valence-electron chi connectivity index (χ2n) is 6.06. The zero-order valence-electron chi connectivity index (χ0n) is 13.7. The lowest BCUT2D eigenvalue weighted by Crippen LogP contribution is -1.77. The van der Waals surface area contributed by atoms with E-state index in [1.807, 2.05) is 0 Å². The topological polar surface area (TPSA) is 34.3 Å². The summed E-state index contributed by atoms with van der Waals surface area (Å²) in [6.45, 7) is 4.48. The zero-order chi connectivity index (χ0) is 14.9. The number of ether oxygens (including phenoxy) is 3. The van der Waals surface area contributed by atoms with Gasteiger partial charge in [-0.15, -0.1) is 0 Å². The predicted octanol–water partition coefficient (Wildman–Crippen LogP) is 6.12. The van der Waals surface area contributed by atoms with Gasteiger partial charge in [0.25, 0.3) is 0 Å². The maximum absolute atomic E-state index is 5.57. The van der Waals surface area contributed by atoms with Crippen LogP contribution in [0.1, 0.15) is 90.9 Å². The molecule has 3 heteroatoms. The van der Waals surface area contributed by atoms with E-state index in [0.29, 0.717) is 11.9 Å². The first-order valence-corrected chi connectivity index (χ1v) is 8.85. The maximum Gasteiger partial charge on any atom is 0.333 e. The summed E-state index contributed by atoms with van der Waals surface area (Å²) in [4.78, 5) is 0. The van der Waals surface area contributed by atoms with Crippen molar-refractivity contribution in [3.8, 4) is 0 Å². The summed E-state index contributed by atoms with van der Waals surface area (Å²) in [6.07, 6.45) is 14.9. The van der Waals surface area contributed by atoms with Gasteiger partial charge in [0.1, 0.15) is 0 Å². The van der Waals surface area contributed by atoms with Crippen molar-refractivity contribution in [3.05, 3.63) is 23.4 Å². The Balaban J connectivity index is 1.49. The Labute approximate surface area is 129 Å². The molecule has 120 valence electrons. The van der Waals surface area contributed by atoms with Gasteiger partial charge in [-0.2, -0.15) is 0 Å². The molecule has 0 saturated heterocycles. The third-order valence-corrected chi connectivity index (χ3v) is 4.00. The Morgan fingerprint density at radius 3 is 1.48 bits per heavy atom. The van der Waals surface area contributed by atoms with E-state index in [1.54, 1.807) is 0 Å². The first kappa shape index (κ1) is 16.3. The summed E-state index contributed by atoms with van der Waals surface area (Å²) < 4.78 is 16.3. The van der Waals surface area contributed by atoms with Crippen molar-refractivity contribution in [2.24, 2.45) is 0 Å². The Bertz CT molecular complexity index is 346. The van der Waals surface area contributed by atoms with E-state index in [4.69, 9.17) is 14.2 Å². The molecule has 0 spiro atoms. The summed E-state index contributed by atoms with van der Waals surface area (Å²) in [6, 6.07) is 0. The Hall–Kier alpha value is -1.12. The molecule has 0 fully saturated rings. The molecule has 21 heavy (non-hydrogen) atoms. The number of hydrogen-bond donors (Lipinski definition) is 0. The molecule has 2 rings (SSSR count). The summed E-state index contributed by atoms with van der Waals surface area (Å²) in [5, 5.41) is 0. The lowest BCUT2D eigenvalue weighted by Gasteiger charge is -1.94. The van der Waals surface area contributed by atoms with Gasteiger partial charge in [0, 0.05) is 12.8 Å². The largest absolute Gasteiger partial charge is 0.420 e.